The maximum absolute atomic E-state index is 11.3. The lowest BCUT2D eigenvalue weighted by Crippen LogP contribution is -2.17. The van der Waals surface area contributed by atoms with Gasteiger partial charge in [-0.25, -0.2) is 0 Å². The molecule has 0 spiro atoms. The first-order valence-corrected chi connectivity index (χ1v) is 7.71. The summed E-state index contributed by atoms with van der Waals surface area (Å²) in [6.45, 7) is 0. The number of nitrogens with one attached hydrogen (secondary N) is 1. The third kappa shape index (κ3) is 3.83. The van der Waals surface area contributed by atoms with Crippen molar-refractivity contribution < 1.29 is 22.2 Å². The number of amides is 2. The molecule has 2 rings (SSSR count). The fraction of sp³-hybridized carbons (Fsp3) is 0.0909. The minimum atomic E-state index is -3.56. The van der Waals surface area contributed by atoms with Crippen molar-refractivity contribution in [3.63, 3.8) is 0 Å². The molecule has 6 nitrogen and oxygen atoms in total. The maximum atomic E-state index is 11.3. The van der Waals surface area contributed by atoms with Gasteiger partial charge in [0.2, 0.25) is 0 Å². The van der Waals surface area contributed by atoms with E-state index in [1.54, 1.807) is 12.1 Å². The van der Waals surface area contributed by atoms with Gasteiger partial charge in [0.25, 0.3) is 11.1 Å². The Morgan fingerprint density at radius 1 is 1.21 bits per heavy atom. The van der Waals surface area contributed by atoms with E-state index in [2.05, 4.69) is 9.50 Å². The molecule has 8 heteroatoms. The van der Waals surface area contributed by atoms with Gasteiger partial charge in [-0.1, -0.05) is 12.1 Å². The van der Waals surface area contributed by atoms with Gasteiger partial charge in [0.1, 0.15) is 5.75 Å². The second-order valence-corrected chi connectivity index (χ2v) is 6.30. The zero-order chi connectivity index (χ0) is 14.0. The molecule has 2 amide bonds. The van der Waals surface area contributed by atoms with Crippen LogP contribution in [0, 0.1) is 0 Å². The van der Waals surface area contributed by atoms with Gasteiger partial charge in [-0.05, 0) is 35.5 Å². The van der Waals surface area contributed by atoms with E-state index in [-0.39, 0.29) is 5.75 Å². The largest absolute Gasteiger partial charge is 0.383 e. The highest BCUT2D eigenvalue weighted by atomic mass is 32.2. The van der Waals surface area contributed by atoms with E-state index in [4.69, 9.17) is 0 Å². The van der Waals surface area contributed by atoms with Gasteiger partial charge in [-0.15, -0.1) is 0 Å². The molecule has 1 aliphatic rings. The van der Waals surface area contributed by atoms with Crippen LogP contribution in [0.1, 0.15) is 5.56 Å². The zero-order valence-electron chi connectivity index (χ0n) is 9.74. The predicted octanol–water partition coefficient (Wildman–Crippen LogP) is 1.35. The molecular formula is C11H9NO5S2. The molecule has 1 aliphatic heterocycles. The highest BCUT2D eigenvalue weighted by Crippen LogP contribution is 2.26. The Bertz CT molecular complexity index is 661. The molecule has 1 saturated heterocycles. The molecule has 100 valence electrons. The summed E-state index contributed by atoms with van der Waals surface area (Å²) < 4.78 is 26.5. The molecule has 0 bridgehead atoms. The molecule has 1 heterocycles. The van der Waals surface area contributed by atoms with Gasteiger partial charge in [0.05, 0.1) is 11.2 Å². The minimum Gasteiger partial charge on any atom is -0.383 e. The second kappa shape index (κ2) is 5.06. The Morgan fingerprint density at radius 3 is 2.32 bits per heavy atom. The Hall–Kier alpha value is -1.80. The summed E-state index contributed by atoms with van der Waals surface area (Å²) in [7, 11) is -3.56. The van der Waals surface area contributed by atoms with E-state index in [9.17, 15) is 18.0 Å². The number of carbonyl (C=O) groups is 2. The van der Waals surface area contributed by atoms with Crippen molar-refractivity contribution in [3.8, 4) is 5.75 Å². The summed E-state index contributed by atoms with van der Waals surface area (Å²) in [6.07, 6.45) is 2.49. The number of thioether (sulfide) groups is 1. The fourth-order valence-electron chi connectivity index (χ4n) is 1.37. The third-order valence-electron chi connectivity index (χ3n) is 2.07. The van der Waals surface area contributed by atoms with Crippen LogP contribution in [0.25, 0.3) is 6.08 Å². The van der Waals surface area contributed by atoms with Crippen LogP contribution in [-0.2, 0) is 14.9 Å². The summed E-state index contributed by atoms with van der Waals surface area (Å²) in [6, 6.07) is 6.11. The summed E-state index contributed by atoms with van der Waals surface area (Å²) >= 11 is 0.817. The number of hydrogen-bond acceptors (Lipinski definition) is 6. The van der Waals surface area contributed by atoms with Crippen molar-refractivity contribution in [1.82, 2.24) is 5.32 Å². The van der Waals surface area contributed by atoms with Gasteiger partial charge in [0.15, 0.2) is 0 Å². The van der Waals surface area contributed by atoms with Crippen LogP contribution >= 0.6 is 11.8 Å². The van der Waals surface area contributed by atoms with E-state index in [1.165, 1.54) is 18.2 Å². The molecule has 0 saturated carbocycles. The van der Waals surface area contributed by atoms with Crippen LogP contribution in [0.3, 0.4) is 0 Å². The van der Waals surface area contributed by atoms with Crippen molar-refractivity contribution in [2.24, 2.45) is 0 Å². The minimum absolute atomic E-state index is 0.184. The molecule has 1 aromatic carbocycles. The van der Waals surface area contributed by atoms with Crippen LogP contribution < -0.4 is 9.50 Å². The van der Waals surface area contributed by atoms with Crippen LogP contribution in [0.2, 0.25) is 0 Å². The fourth-order valence-corrected chi connectivity index (χ4v) is 2.51. The van der Waals surface area contributed by atoms with Crippen LogP contribution in [0.5, 0.6) is 5.75 Å². The normalized spacial score (nSPS) is 17.6. The summed E-state index contributed by atoms with van der Waals surface area (Å²) in [4.78, 5) is 22.6. The van der Waals surface area contributed by atoms with E-state index in [1.807, 2.05) is 0 Å². The topological polar surface area (TPSA) is 89.5 Å². The lowest BCUT2D eigenvalue weighted by molar-refractivity contribution is -0.115. The molecule has 0 aromatic heterocycles. The van der Waals surface area contributed by atoms with Gasteiger partial charge >= 0.3 is 10.1 Å². The van der Waals surface area contributed by atoms with E-state index in [0.29, 0.717) is 10.5 Å². The van der Waals surface area contributed by atoms with Crippen molar-refractivity contribution in [2.45, 2.75) is 0 Å². The number of hydrogen-bond donors (Lipinski definition) is 1. The Morgan fingerprint density at radius 2 is 1.84 bits per heavy atom. The molecule has 0 aliphatic carbocycles. The first-order chi connectivity index (χ1) is 8.83. The van der Waals surface area contributed by atoms with E-state index < -0.39 is 21.3 Å². The standard InChI is InChI=1S/C11H9NO5S2/c1-19(15,16)17-8-4-2-7(3-5-8)6-9-10(13)12-11(14)18-9/h2-6H,1H3,(H,12,13,14)/b9-6-. The molecule has 0 atom stereocenters. The number of carbonyl (C=O) groups excluding carboxylic acids is 2. The predicted molar refractivity (Wildman–Crippen MR) is 71.0 cm³/mol. The molecule has 1 aromatic rings. The zero-order valence-corrected chi connectivity index (χ0v) is 11.4. The van der Waals surface area contributed by atoms with Crippen LogP contribution in [-0.4, -0.2) is 25.8 Å². The molecule has 1 fully saturated rings. The summed E-state index contributed by atoms with van der Waals surface area (Å²) in [5.41, 5.74) is 0.660. The number of imide groups is 1. The summed E-state index contributed by atoms with van der Waals surface area (Å²) in [5.74, 6) is -0.254. The van der Waals surface area contributed by atoms with Gasteiger partial charge < -0.3 is 4.18 Å². The second-order valence-electron chi connectivity index (χ2n) is 3.71. The quantitative estimate of drug-likeness (QED) is 0.669. The molecule has 1 N–H and O–H groups in total. The maximum Gasteiger partial charge on any atom is 0.306 e. The smallest absolute Gasteiger partial charge is 0.306 e. The number of rotatable bonds is 3. The average molecular weight is 299 g/mol. The van der Waals surface area contributed by atoms with Gasteiger partial charge in [0, 0.05) is 0 Å². The number of benzene rings is 1. The summed E-state index contributed by atoms with van der Waals surface area (Å²) in [5, 5.41) is 1.73. The van der Waals surface area contributed by atoms with Crippen molar-refractivity contribution in [3.05, 3.63) is 34.7 Å². The monoisotopic (exact) mass is 299 g/mol. The lowest BCUT2D eigenvalue weighted by Gasteiger charge is -2.02. The highest BCUT2D eigenvalue weighted by molar-refractivity contribution is 8.18. The molecule has 0 radical (unpaired) electrons. The van der Waals surface area contributed by atoms with Crippen molar-refractivity contribution in [1.29, 1.82) is 0 Å². The SMILES string of the molecule is CS(=O)(=O)Oc1ccc(/C=C2\SC(=O)NC2=O)cc1. The first-order valence-electron chi connectivity index (χ1n) is 5.08. The lowest BCUT2D eigenvalue weighted by atomic mass is 10.2. The van der Waals surface area contributed by atoms with Crippen molar-refractivity contribution >= 4 is 39.1 Å². The van der Waals surface area contributed by atoms with E-state index >= 15 is 0 Å². The van der Waals surface area contributed by atoms with Crippen molar-refractivity contribution in [2.75, 3.05) is 6.26 Å². The third-order valence-corrected chi connectivity index (χ3v) is 3.37. The van der Waals surface area contributed by atoms with Crippen LogP contribution in [0.15, 0.2) is 29.2 Å². The Kier molecular flexibility index (Phi) is 3.63. The van der Waals surface area contributed by atoms with Crippen LogP contribution in [0.4, 0.5) is 4.79 Å². The Balaban J connectivity index is 2.18. The molecule has 0 unspecified atom stereocenters. The highest BCUT2D eigenvalue weighted by Gasteiger charge is 2.24. The molecule has 19 heavy (non-hydrogen) atoms. The van der Waals surface area contributed by atoms with E-state index in [0.717, 1.165) is 18.0 Å². The molecular weight excluding hydrogens is 290 g/mol. The first kappa shape index (κ1) is 13.6. The Labute approximate surface area is 114 Å². The van der Waals surface area contributed by atoms with Gasteiger partial charge in [-0.2, -0.15) is 8.42 Å². The van der Waals surface area contributed by atoms with Gasteiger partial charge in [-0.3, -0.25) is 14.9 Å². The average Bonchev–Trinajstić information content (AvgIpc) is 2.58.